The van der Waals surface area contributed by atoms with E-state index in [4.69, 9.17) is 21.1 Å². The molecule has 0 unspecified atom stereocenters. The van der Waals surface area contributed by atoms with Crippen LogP contribution in [0.15, 0.2) is 54.1 Å². The fourth-order valence-electron chi connectivity index (χ4n) is 3.51. The van der Waals surface area contributed by atoms with Crippen LogP contribution in [0.25, 0.3) is 6.08 Å². The van der Waals surface area contributed by atoms with Crippen LogP contribution in [0.2, 0.25) is 5.02 Å². The van der Waals surface area contributed by atoms with E-state index in [1.54, 1.807) is 12.1 Å². The Kier molecular flexibility index (Phi) is 8.94. The molecule has 3 rings (SSSR count). The molecule has 0 bridgehead atoms. The van der Waals surface area contributed by atoms with E-state index in [9.17, 15) is 14.9 Å². The van der Waals surface area contributed by atoms with Crippen LogP contribution in [0.3, 0.4) is 0 Å². The van der Waals surface area contributed by atoms with Crippen LogP contribution < -0.4 is 20.1 Å². The van der Waals surface area contributed by atoms with Crippen molar-refractivity contribution in [2.75, 3.05) is 24.4 Å². The second kappa shape index (κ2) is 12.1. The summed E-state index contributed by atoms with van der Waals surface area (Å²) in [4.78, 5) is 25.2. The van der Waals surface area contributed by atoms with Crippen LogP contribution in [0.4, 0.5) is 11.4 Å². The number of hydrogen-bond donors (Lipinski definition) is 2. The van der Waals surface area contributed by atoms with Gasteiger partial charge in [0.25, 0.3) is 11.8 Å². The molecule has 0 fully saturated rings. The first-order valence-corrected chi connectivity index (χ1v) is 11.9. The number of nitrogens with one attached hydrogen (secondary N) is 2. The molecule has 0 aliphatic rings. The van der Waals surface area contributed by atoms with Gasteiger partial charge >= 0.3 is 0 Å². The minimum Gasteiger partial charge on any atom is -0.493 e. The molecule has 0 aromatic heterocycles. The fraction of sp³-hybridized carbons (Fsp3) is 0.207. The number of carbonyl (C=O) groups excluding carboxylic acids is 2. The summed E-state index contributed by atoms with van der Waals surface area (Å²) in [7, 11) is 1.43. The summed E-state index contributed by atoms with van der Waals surface area (Å²) in [6, 6.07) is 16.2. The zero-order valence-electron chi connectivity index (χ0n) is 21.4. The van der Waals surface area contributed by atoms with Crippen LogP contribution >= 0.6 is 11.6 Å². The van der Waals surface area contributed by atoms with Crippen LogP contribution in [0.1, 0.15) is 27.8 Å². The first kappa shape index (κ1) is 27.3. The van der Waals surface area contributed by atoms with Gasteiger partial charge in [0, 0.05) is 11.4 Å². The molecule has 0 saturated heterocycles. The third kappa shape index (κ3) is 6.90. The van der Waals surface area contributed by atoms with Crippen LogP contribution in [-0.4, -0.2) is 25.5 Å². The van der Waals surface area contributed by atoms with Gasteiger partial charge in [0.15, 0.2) is 18.1 Å². The highest BCUT2D eigenvalue weighted by atomic mass is 35.5. The molecule has 0 aliphatic carbocycles. The Morgan fingerprint density at radius 2 is 1.76 bits per heavy atom. The van der Waals surface area contributed by atoms with E-state index in [0.717, 1.165) is 22.3 Å². The number of anilines is 2. The van der Waals surface area contributed by atoms with Gasteiger partial charge in [-0.1, -0.05) is 29.8 Å². The monoisotopic (exact) mass is 517 g/mol. The summed E-state index contributed by atoms with van der Waals surface area (Å²) in [5.74, 6) is -0.477. The standard InChI is InChI=1S/C29H28ClN3O4/c1-17-9-10-23(11-19(17)3)32-27(34)16-37-28-24(30)13-21(14-26(28)36-5)12-22(15-31)29(35)33-25-8-6-7-18(2)20(25)4/h6-14H,16H2,1-5H3,(H,32,34)(H,33,35)/b22-12-. The Hall–Kier alpha value is -4.28. The lowest BCUT2D eigenvalue weighted by atomic mass is 10.1. The van der Waals surface area contributed by atoms with Crippen molar-refractivity contribution < 1.29 is 19.1 Å². The van der Waals surface area contributed by atoms with Crippen molar-refractivity contribution in [3.05, 3.63) is 86.9 Å². The van der Waals surface area contributed by atoms with E-state index >= 15 is 0 Å². The van der Waals surface area contributed by atoms with Crippen LogP contribution in [-0.2, 0) is 9.59 Å². The van der Waals surface area contributed by atoms with Gasteiger partial charge in [-0.05, 0) is 91.9 Å². The Bertz CT molecular complexity index is 1420. The van der Waals surface area contributed by atoms with E-state index in [1.807, 2.05) is 64.1 Å². The molecule has 0 atom stereocenters. The number of aryl methyl sites for hydroxylation is 3. The summed E-state index contributed by atoms with van der Waals surface area (Å²) < 4.78 is 11.0. The highest BCUT2D eigenvalue weighted by Gasteiger charge is 2.16. The van der Waals surface area contributed by atoms with Gasteiger partial charge in [0.2, 0.25) is 0 Å². The highest BCUT2D eigenvalue weighted by molar-refractivity contribution is 6.32. The maximum Gasteiger partial charge on any atom is 0.266 e. The van der Waals surface area contributed by atoms with Crippen LogP contribution in [0, 0.1) is 39.0 Å². The fourth-order valence-corrected chi connectivity index (χ4v) is 3.78. The van der Waals surface area contributed by atoms with Crippen molar-refractivity contribution in [1.29, 1.82) is 5.26 Å². The number of nitriles is 1. The molecule has 0 aliphatic heterocycles. The summed E-state index contributed by atoms with van der Waals surface area (Å²) in [6.07, 6.45) is 1.41. The van der Waals surface area contributed by atoms with Gasteiger partial charge < -0.3 is 20.1 Å². The van der Waals surface area contributed by atoms with E-state index in [0.29, 0.717) is 16.9 Å². The van der Waals surface area contributed by atoms with Gasteiger partial charge in [-0.25, -0.2) is 0 Å². The third-order valence-electron chi connectivity index (χ3n) is 5.92. The molecule has 0 spiro atoms. The van der Waals surface area contributed by atoms with Gasteiger partial charge in [-0.3, -0.25) is 9.59 Å². The molecule has 2 amide bonds. The zero-order valence-corrected chi connectivity index (χ0v) is 22.1. The number of carbonyl (C=O) groups is 2. The average Bonchev–Trinajstić information content (AvgIpc) is 2.86. The lowest BCUT2D eigenvalue weighted by Crippen LogP contribution is -2.20. The second-order valence-electron chi connectivity index (χ2n) is 8.54. The number of nitrogens with zero attached hydrogens (tertiary/aromatic N) is 1. The normalized spacial score (nSPS) is 10.9. The van der Waals surface area contributed by atoms with E-state index in [2.05, 4.69) is 10.6 Å². The Morgan fingerprint density at radius 3 is 2.43 bits per heavy atom. The summed E-state index contributed by atoms with van der Waals surface area (Å²) in [5, 5.41) is 15.3. The molecule has 0 heterocycles. The lowest BCUT2D eigenvalue weighted by molar-refractivity contribution is -0.118. The largest absolute Gasteiger partial charge is 0.493 e. The number of rotatable bonds is 8. The summed E-state index contributed by atoms with van der Waals surface area (Å²) in [5.41, 5.74) is 5.77. The Labute approximate surface area is 221 Å². The molecular formula is C29H28ClN3O4. The van der Waals surface area contributed by atoms with Crippen molar-refractivity contribution in [2.45, 2.75) is 27.7 Å². The van der Waals surface area contributed by atoms with Crippen molar-refractivity contribution in [2.24, 2.45) is 0 Å². The molecule has 8 heteroatoms. The molecule has 37 heavy (non-hydrogen) atoms. The molecule has 3 aromatic rings. The maximum atomic E-state index is 12.7. The number of amides is 2. The number of halogens is 1. The van der Waals surface area contributed by atoms with E-state index in [-0.39, 0.29) is 34.6 Å². The van der Waals surface area contributed by atoms with Crippen molar-refractivity contribution >= 4 is 40.9 Å². The zero-order chi connectivity index (χ0) is 27.1. The van der Waals surface area contributed by atoms with E-state index in [1.165, 1.54) is 19.3 Å². The average molecular weight is 518 g/mol. The molecule has 0 radical (unpaired) electrons. The topological polar surface area (TPSA) is 100 Å². The molecule has 3 aromatic carbocycles. The first-order chi connectivity index (χ1) is 17.6. The van der Waals surface area contributed by atoms with Crippen molar-refractivity contribution in [3.8, 4) is 17.6 Å². The summed E-state index contributed by atoms with van der Waals surface area (Å²) in [6.45, 7) is 7.50. The molecule has 2 N–H and O–H groups in total. The Morgan fingerprint density at radius 1 is 1.00 bits per heavy atom. The van der Waals surface area contributed by atoms with Gasteiger partial charge in [-0.15, -0.1) is 0 Å². The minimum atomic E-state index is -0.547. The second-order valence-corrected chi connectivity index (χ2v) is 8.95. The SMILES string of the molecule is COc1cc(/C=C(/C#N)C(=O)Nc2cccc(C)c2C)cc(Cl)c1OCC(=O)Nc1ccc(C)c(C)c1. The van der Waals surface area contributed by atoms with E-state index < -0.39 is 5.91 Å². The predicted octanol–water partition coefficient (Wildman–Crippen LogP) is 6.15. The highest BCUT2D eigenvalue weighted by Crippen LogP contribution is 2.37. The van der Waals surface area contributed by atoms with Crippen molar-refractivity contribution in [1.82, 2.24) is 0 Å². The predicted molar refractivity (Wildman–Crippen MR) is 146 cm³/mol. The molecular weight excluding hydrogens is 490 g/mol. The van der Waals surface area contributed by atoms with Gasteiger partial charge in [-0.2, -0.15) is 5.26 Å². The Balaban J connectivity index is 1.75. The quantitative estimate of drug-likeness (QED) is 0.276. The maximum absolute atomic E-state index is 12.7. The van der Waals surface area contributed by atoms with Gasteiger partial charge in [0.05, 0.1) is 12.1 Å². The smallest absolute Gasteiger partial charge is 0.266 e. The minimum absolute atomic E-state index is 0.111. The molecule has 7 nitrogen and oxygen atoms in total. The first-order valence-electron chi connectivity index (χ1n) is 11.5. The number of ether oxygens (including phenoxy) is 2. The molecule has 190 valence electrons. The summed E-state index contributed by atoms with van der Waals surface area (Å²) >= 11 is 6.42. The van der Waals surface area contributed by atoms with Crippen LogP contribution in [0.5, 0.6) is 11.5 Å². The number of methoxy groups -OCH3 is 1. The number of hydrogen-bond acceptors (Lipinski definition) is 5. The third-order valence-corrected chi connectivity index (χ3v) is 6.20. The lowest BCUT2D eigenvalue weighted by Gasteiger charge is -2.14. The van der Waals surface area contributed by atoms with Gasteiger partial charge in [0.1, 0.15) is 11.6 Å². The van der Waals surface area contributed by atoms with Crippen molar-refractivity contribution in [3.63, 3.8) is 0 Å². The number of benzene rings is 3. The molecule has 0 saturated carbocycles.